The number of aryl methyl sites for hydroxylation is 1. The molecule has 1 aromatic carbocycles. The predicted octanol–water partition coefficient (Wildman–Crippen LogP) is 1.45. The summed E-state index contributed by atoms with van der Waals surface area (Å²) in [7, 11) is 0. The van der Waals surface area contributed by atoms with Crippen molar-refractivity contribution in [3.63, 3.8) is 0 Å². The molecule has 4 heteroatoms. The minimum absolute atomic E-state index is 0.0870. The van der Waals surface area contributed by atoms with Crippen molar-refractivity contribution in [1.82, 2.24) is 0 Å². The molecule has 0 heterocycles. The van der Waals surface area contributed by atoms with Gasteiger partial charge in [-0.3, -0.25) is 0 Å². The second kappa shape index (κ2) is 4.79. The molecule has 0 aromatic heterocycles. The van der Waals surface area contributed by atoms with E-state index in [9.17, 15) is 4.79 Å². The molecule has 0 aliphatic carbocycles. The second-order valence-corrected chi connectivity index (χ2v) is 3.46. The van der Waals surface area contributed by atoms with Crippen LogP contribution in [0.3, 0.4) is 0 Å². The number of aromatic carboxylic acids is 1. The normalized spacial score (nSPS) is 12.2. The predicted molar refractivity (Wildman–Crippen MR) is 55.3 cm³/mol. The molecule has 0 aliphatic heterocycles. The van der Waals surface area contributed by atoms with Gasteiger partial charge in [0.15, 0.2) is 0 Å². The van der Waals surface area contributed by atoms with Crippen molar-refractivity contribution in [2.45, 2.75) is 20.0 Å². The Morgan fingerprint density at radius 3 is 2.73 bits per heavy atom. The Morgan fingerprint density at radius 1 is 1.53 bits per heavy atom. The minimum Gasteiger partial charge on any atom is -0.490 e. The Morgan fingerprint density at radius 2 is 2.20 bits per heavy atom. The lowest BCUT2D eigenvalue weighted by Crippen LogP contribution is -2.14. The fourth-order valence-electron chi connectivity index (χ4n) is 1.14. The van der Waals surface area contributed by atoms with E-state index < -0.39 is 12.1 Å². The highest BCUT2D eigenvalue weighted by Crippen LogP contribution is 2.20. The summed E-state index contributed by atoms with van der Waals surface area (Å²) in [5, 5.41) is 17.9. The summed E-state index contributed by atoms with van der Waals surface area (Å²) in [6, 6.07) is 4.85. The third-order valence-electron chi connectivity index (χ3n) is 1.85. The lowest BCUT2D eigenvalue weighted by atomic mass is 10.1. The first-order valence-corrected chi connectivity index (χ1v) is 4.65. The fraction of sp³-hybridized carbons (Fsp3) is 0.364. The molecule has 1 aromatic rings. The molecule has 82 valence electrons. The number of aliphatic hydroxyl groups excluding tert-OH is 1. The standard InChI is InChI=1S/C11H14O4/c1-7-3-4-9(11(13)14)10(5-7)15-6-8(2)12/h3-5,8,12H,6H2,1-2H3,(H,13,14). The average Bonchev–Trinajstić information content (AvgIpc) is 2.14. The number of carbonyl (C=O) groups is 1. The van der Waals surface area contributed by atoms with Crippen molar-refractivity contribution in [3.8, 4) is 5.75 Å². The highest BCUT2D eigenvalue weighted by Gasteiger charge is 2.11. The molecule has 0 saturated carbocycles. The van der Waals surface area contributed by atoms with Gasteiger partial charge < -0.3 is 14.9 Å². The Bertz CT molecular complexity index is 358. The summed E-state index contributed by atoms with van der Waals surface area (Å²) in [6.45, 7) is 3.51. The zero-order valence-electron chi connectivity index (χ0n) is 8.73. The van der Waals surface area contributed by atoms with Crippen molar-refractivity contribution in [1.29, 1.82) is 0 Å². The van der Waals surface area contributed by atoms with Gasteiger partial charge in [0.25, 0.3) is 0 Å². The first-order valence-electron chi connectivity index (χ1n) is 4.65. The number of benzene rings is 1. The number of hydrogen-bond acceptors (Lipinski definition) is 3. The third kappa shape index (κ3) is 3.25. The zero-order chi connectivity index (χ0) is 11.4. The number of carboxylic acids is 1. The van der Waals surface area contributed by atoms with Crippen LogP contribution in [0, 0.1) is 6.92 Å². The van der Waals surface area contributed by atoms with Gasteiger partial charge in [-0.25, -0.2) is 4.79 Å². The number of rotatable bonds is 4. The second-order valence-electron chi connectivity index (χ2n) is 3.46. The van der Waals surface area contributed by atoms with Crippen molar-refractivity contribution in [2.75, 3.05) is 6.61 Å². The van der Waals surface area contributed by atoms with Crippen LogP contribution in [0.25, 0.3) is 0 Å². The molecule has 0 fully saturated rings. The van der Waals surface area contributed by atoms with Gasteiger partial charge in [0.1, 0.15) is 17.9 Å². The maximum Gasteiger partial charge on any atom is 0.339 e. The summed E-state index contributed by atoms with van der Waals surface area (Å²) >= 11 is 0. The van der Waals surface area contributed by atoms with E-state index in [1.54, 1.807) is 19.1 Å². The van der Waals surface area contributed by atoms with Gasteiger partial charge in [0.2, 0.25) is 0 Å². The van der Waals surface area contributed by atoms with Crippen molar-refractivity contribution >= 4 is 5.97 Å². The van der Waals surface area contributed by atoms with E-state index in [1.165, 1.54) is 6.07 Å². The fourth-order valence-corrected chi connectivity index (χ4v) is 1.14. The van der Waals surface area contributed by atoms with Gasteiger partial charge in [-0.1, -0.05) is 6.07 Å². The van der Waals surface area contributed by atoms with E-state index >= 15 is 0 Å². The van der Waals surface area contributed by atoms with E-state index in [0.29, 0.717) is 5.75 Å². The van der Waals surface area contributed by atoms with E-state index in [2.05, 4.69) is 0 Å². The quantitative estimate of drug-likeness (QED) is 0.789. The molecule has 0 bridgehead atoms. The van der Waals surface area contributed by atoms with Crippen molar-refractivity contribution in [3.05, 3.63) is 29.3 Å². The van der Waals surface area contributed by atoms with Crippen molar-refractivity contribution < 1.29 is 19.7 Å². The highest BCUT2D eigenvalue weighted by molar-refractivity contribution is 5.90. The van der Waals surface area contributed by atoms with Crippen LogP contribution in [0.15, 0.2) is 18.2 Å². The Balaban J connectivity index is 2.92. The van der Waals surface area contributed by atoms with Crippen LogP contribution in [0.1, 0.15) is 22.8 Å². The number of ether oxygens (including phenoxy) is 1. The van der Waals surface area contributed by atoms with Crippen LogP contribution in [-0.2, 0) is 0 Å². The molecule has 0 radical (unpaired) electrons. The maximum atomic E-state index is 10.8. The molecule has 15 heavy (non-hydrogen) atoms. The molecule has 0 aliphatic rings. The van der Waals surface area contributed by atoms with Gasteiger partial charge in [0, 0.05) is 0 Å². The molecule has 0 amide bonds. The number of hydrogen-bond donors (Lipinski definition) is 2. The molecule has 0 spiro atoms. The third-order valence-corrected chi connectivity index (χ3v) is 1.85. The van der Waals surface area contributed by atoms with Crippen LogP contribution >= 0.6 is 0 Å². The molecule has 2 N–H and O–H groups in total. The van der Waals surface area contributed by atoms with Gasteiger partial charge >= 0.3 is 5.97 Å². The SMILES string of the molecule is Cc1ccc(C(=O)O)c(OCC(C)O)c1. The summed E-state index contributed by atoms with van der Waals surface area (Å²) in [4.78, 5) is 10.8. The molecular formula is C11H14O4. The minimum atomic E-state index is -1.03. The van der Waals surface area contributed by atoms with Crippen LogP contribution in [0.2, 0.25) is 0 Å². The molecule has 1 rings (SSSR count). The van der Waals surface area contributed by atoms with E-state index in [4.69, 9.17) is 14.9 Å². The van der Waals surface area contributed by atoms with Crippen LogP contribution < -0.4 is 4.74 Å². The summed E-state index contributed by atoms with van der Waals surface area (Å²) in [5.41, 5.74) is 1.03. The topological polar surface area (TPSA) is 66.8 Å². The summed E-state index contributed by atoms with van der Waals surface area (Å²) in [6.07, 6.45) is -0.618. The van der Waals surface area contributed by atoms with E-state index in [-0.39, 0.29) is 12.2 Å². The Labute approximate surface area is 88.1 Å². The monoisotopic (exact) mass is 210 g/mol. The lowest BCUT2D eigenvalue weighted by Gasteiger charge is -2.11. The molecule has 4 nitrogen and oxygen atoms in total. The molecule has 1 unspecified atom stereocenters. The average molecular weight is 210 g/mol. The largest absolute Gasteiger partial charge is 0.490 e. The molecule has 0 saturated heterocycles. The summed E-state index contributed by atoms with van der Waals surface area (Å²) in [5.74, 6) is -0.737. The summed E-state index contributed by atoms with van der Waals surface area (Å²) < 4.78 is 5.21. The van der Waals surface area contributed by atoms with Crippen LogP contribution in [-0.4, -0.2) is 28.9 Å². The molecular weight excluding hydrogens is 196 g/mol. The van der Waals surface area contributed by atoms with Gasteiger partial charge in [-0.05, 0) is 31.5 Å². The lowest BCUT2D eigenvalue weighted by molar-refractivity contribution is 0.0685. The van der Waals surface area contributed by atoms with Gasteiger partial charge in [-0.2, -0.15) is 0 Å². The first-order chi connectivity index (χ1) is 7.00. The van der Waals surface area contributed by atoms with E-state index in [0.717, 1.165) is 5.56 Å². The van der Waals surface area contributed by atoms with Crippen LogP contribution in [0.5, 0.6) is 5.75 Å². The maximum absolute atomic E-state index is 10.8. The van der Waals surface area contributed by atoms with E-state index in [1.807, 2.05) is 6.92 Å². The van der Waals surface area contributed by atoms with Crippen molar-refractivity contribution in [2.24, 2.45) is 0 Å². The smallest absolute Gasteiger partial charge is 0.339 e. The van der Waals surface area contributed by atoms with Gasteiger partial charge in [-0.15, -0.1) is 0 Å². The highest BCUT2D eigenvalue weighted by atomic mass is 16.5. The van der Waals surface area contributed by atoms with Gasteiger partial charge in [0.05, 0.1) is 6.10 Å². The van der Waals surface area contributed by atoms with Crippen LogP contribution in [0.4, 0.5) is 0 Å². The Hall–Kier alpha value is -1.55. The first kappa shape index (κ1) is 11.5. The zero-order valence-corrected chi connectivity index (χ0v) is 8.73. The number of aliphatic hydroxyl groups is 1. The Kier molecular flexibility index (Phi) is 3.68. The molecule has 1 atom stereocenters. The number of carboxylic acid groups (broad SMARTS) is 1.